The van der Waals surface area contributed by atoms with Gasteiger partial charge in [-0.05, 0) is 50.4 Å². The minimum absolute atomic E-state index is 0.0361. The van der Waals surface area contributed by atoms with Crippen LogP contribution in [0.25, 0.3) is 0 Å². The Morgan fingerprint density at radius 2 is 1.95 bits per heavy atom. The first kappa shape index (κ1) is 14.2. The van der Waals surface area contributed by atoms with E-state index in [1.807, 2.05) is 11.0 Å². The van der Waals surface area contributed by atoms with Gasteiger partial charge in [0, 0.05) is 38.3 Å². The van der Waals surface area contributed by atoms with Crippen LogP contribution in [0.3, 0.4) is 0 Å². The Labute approximate surface area is 131 Å². The van der Waals surface area contributed by atoms with Gasteiger partial charge in [-0.25, -0.2) is 0 Å². The minimum atomic E-state index is 0.0361. The van der Waals surface area contributed by atoms with E-state index < -0.39 is 0 Å². The Morgan fingerprint density at radius 1 is 1.14 bits per heavy atom. The lowest BCUT2D eigenvalue weighted by molar-refractivity contribution is 0.0139. The molecule has 1 atom stereocenters. The fourth-order valence-corrected chi connectivity index (χ4v) is 3.82. The quantitative estimate of drug-likeness (QED) is 0.861. The average Bonchev–Trinajstić information content (AvgIpc) is 3.32. The van der Waals surface area contributed by atoms with Crippen molar-refractivity contribution >= 4 is 5.91 Å². The van der Waals surface area contributed by atoms with Crippen LogP contribution in [0.1, 0.15) is 60.7 Å². The van der Waals surface area contributed by atoms with E-state index >= 15 is 0 Å². The van der Waals surface area contributed by atoms with E-state index in [0.717, 1.165) is 57.7 Å². The Kier molecular flexibility index (Phi) is 3.90. The number of carbonyl (C=O) groups is 1. The molecule has 5 nitrogen and oxygen atoms in total. The number of ether oxygens (including phenoxy) is 1. The zero-order valence-corrected chi connectivity index (χ0v) is 13.0. The summed E-state index contributed by atoms with van der Waals surface area (Å²) >= 11 is 0. The van der Waals surface area contributed by atoms with E-state index in [1.54, 1.807) is 0 Å². The molecule has 0 unspecified atom stereocenters. The van der Waals surface area contributed by atoms with Gasteiger partial charge in [0.15, 0.2) is 5.69 Å². The van der Waals surface area contributed by atoms with Crippen molar-refractivity contribution in [1.29, 1.82) is 0 Å². The van der Waals surface area contributed by atoms with Crippen LogP contribution in [0.15, 0.2) is 10.6 Å². The molecule has 0 bridgehead atoms. The van der Waals surface area contributed by atoms with Crippen LogP contribution in [0.2, 0.25) is 0 Å². The van der Waals surface area contributed by atoms with Crippen LogP contribution in [0.5, 0.6) is 0 Å². The van der Waals surface area contributed by atoms with Crippen LogP contribution in [-0.2, 0) is 4.74 Å². The van der Waals surface area contributed by atoms with Crippen LogP contribution >= 0.6 is 0 Å². The van der Waals surface area contributed by atoms with Crippen LogP contribution in [0.4, 0.5) is 0 Å². The number of hydrogen-bond donors (Lipinski definition) is 0. The number of amides is 1. The van der Waals surface area contributed by atoms with E-state index in [9.17, 15) is 4.79 Å². The first-order valence-corrected chi connectivity index (χ1v) is 8.65. The SMILES string of the molecule is O=C(c1cc(C2CC2)on1)N1CCC([C@H]2CCCOC2)CC1. The Balaban J connectivity index is 1.33. The van der Waals surface area contributed by atoms with Crippen LogP contribution < -0.4 is 0 Å². The standard InChI is InChI=1S/C17H24N2O3/c20-17(15-10-16(22-18-15)13-3-4-13)19-7-5-12(6-8-19)14-2-1-9-21-11-14/h10,12-14H,1-9,11H2/t14-/m0/s1. The maximum absolute atomic E-state index is 12.5. The molecule has 0 spiro atoms. The maximum Gasteiger partial charge on any atom is 0.276 e. The van der Waals surface area contributed by atoms with Crippen molar-refractivity contribution in [2.45, 2.75) is 44.4 Å². The van der Waals surface area contributed by atoms with Gasteiger partial charge in [0.1, 0.15) is 5.76 Å². The van der Waals surface area contributed by atoms with Gasteiger partial charge < -0.3 is 14.2 Å². The van der Waals surface area contributed by atoms with E-state index in [2.05, 4.69) is 5.16 Å². The molecule has 0 radical (unpaired) electrons. The molecule has 1 saturated carbocycles. The predicted octanol–water partition coefficient (Wildman–Crippen LogP) is 2.83. The van der Waals surface area contributed by atoms with Crippen molar-refractivity contribution in [3.05, 3.63) is 17.5 Å². The summed E-state index contributed by atoms with van der Waals surface area (Å²) in [6, 6.07) is 1.85. The van der Waals surface area contributed by atoms with Crippen molar-refractivity contribution in [1.82, 2.24) is 10.1 Å². The number of likely N-dealkylation sites (tertiary alicyclic amines) is 1. The van der Waals surface area contributed by atoms with Crippen LogP contribution in [0, 0.1) is 11.8 Å². The highest BCUT2D eigenvalue weighted by Crippen LogP contribution is 2.40. The summed E-state index contributed by atoms with van der Waals surface area (Å²) in [5, 5.41) is 3.98. The van der Waals surface area contributed by atoms with Gasteiger partial charge in [-0.1, -0.05) is 5.16 Å². The molecule has 3 heterocycles. The molecule has 1 aliphatic carbocycles. The van der Waals surface area contributed by atoms with Gasteiger partial charge >= 0.3 is 0 Å². The second kappa shape index (κ2) is 6.03. The van der Waals surface area contributed by atoms with E-state index in [-0.39, 0.29) is 5.91 Å². The summed E-state index contributed by atoms with van der Waals surface area (Å²) in [7, 11) is 0. The molecule has 2 saturated heterocycles. The van der Waals surface area contributed by atoms with Gasteiger partial charge in [0.05, 0.1) is 0 Å². The molecule has 0 aromatic carbocycles. The largest absolute Gasteiger partial charge is 0.381 e. The number of rotatable bonds is 3. The summed E-state index contributed by atoms with van der Waals surface area (Å²) < 4.78 is 10.9. The van der Waals surface area contributed by atoms with Gasteiger partial charge in [-0.15, -0.1) is 0 Å². The highest BCUT2D eigenvalue weighted by atomic mass is 16.5. The molecule has 4 rings (SSSR count). The number of carbonyl (C=O) groups excluding carboxylic acids is 1. The van der Waals surface area contributed by atoms with E-state index in [1.165, 1.54) is 12.8 Å². The average molecular weight is 304 g/mol. The van der Waals surface area contributed by atoms with Crippen molar-refractivity contribution in [3.63, 3.8) is 0 Å². The van der Waals surface area contributed by atoms with Crippen molar-refractivity contribution in [3.8, 4) is 0 Å². The molecule has 22 heavy (non-hydrogen) atoms. The third kappa shape index (κ3) is 2.91. The van der Waals surface area contributed by atoms with E-state index in [0.29, 0.717) is 23.4 Å². The highest BCUT2D eigenvalue weighted by molar-refractivity contribution is 5.92. The molecule has 2 aliphatic heterocycles. The molecular formula is C17H24N2O3. The Bertz CT molecular complexity index is 524. The third-order valence-corrected chi connectivity index (χ3v) is 5.42. The van der Waals surface area contributed by atoms with Crippen LogP contribution in [-0.4, -0.2) is 42.3 Å². The van der Waals surface area contributed by atoms with Gasteiger partial charge in [0.2, 0.25) is 0 Å². The molecule has 3 fully saturated rings. The number of aromatic nitrogens is 1. The zero-order chi connectivity index (χ0) is 14.9. The summed E-state index contributed by atoms with van der Waals surface area (Å²) in [4.78, 5) is 14.5. The molecule has 1 aromatic heterocycles. The molecule has 1 amide bonds. The number of piperidine rings is 1. The Morgan fingerprint density at radius 3 is 2.64 bits per heavy atom. The normalized spacial score (nSPS) is 27.1. The molecule has 120 valence electrons. The minimum Gasteiger partial charge on any atom is -0.381 e. The molecule has 0 N–H and O–H groups in total. The van der Waals surface area contributed by atoms with Crippen molar-refractivity contribution < 1.29 is 14.1 Å². The number of hydrogen-bond acceptors (Lipinski definition) is 4. The predicted molar refractivity (Wildman–Crippen MR) is 80.6 cm³/mol. The summed E-state index contributed by atoms with van der Waals surface area (Å²) in [5.41, 5.74) is 0.487. The first-order chi connectivity index (χ1) is 10.8. The summed E-state index contributed by atoms with van der Waals surface area (Å²) in [6.45, 7) is 3.51. The van der Waals surface area contributed by atoms with Gasteiger partial charge in [-0.2, -0.15) is 0 Å². The fraction of sp³-hybridized carbons (Fsp3) is 0.765. The first-order valence-electron chi connectivity index (χ1n) is 8.65. The molecule has 1 aromatic rings. The number of nitrogens with zero attached hydrogens (tertiary/aromatic N) is 2. The maximum atomic E-state index is 12.5. The van der Waals surface area contributed by atoms with Gasteiger partial charge in [0.25, 0.3) is 5.91 Å². The summed E-state index contributed by atoms with van der Waals surface area (Å²) in [5.74, 6) is 2.83. The van der Waals surface area contributed by atoms with Gasteiger partial charge in [-0.3, -0.25) is 4.79 Å². The highest BCUT2D eigenvalue weighted by Gasteiger charge is 2.32. The lowest BCUT2D eigenvalue weighted by Gasteiger charge is -2.37. The molecular weight excluding hydrogens is 280 g/mol. The summed E-state index contributed by atoms with van der Waals surface area (Å²) in [6.07, 6.45) is 6.98. The van der Waals surface area contributed by atoms with Crippen molar-refractivity contribution in [2.75, 3.05) is 26.3 Å². The lowest BCUT2D eigenvalue weighted by atomic mass is 9.81. The smallest absolute Gasteiger partial charge is 0.276 e. The second-order valence-electron chi connectivity index (χ2n) is 7.00. The molecule has 5 heteroatoms. The topological polar surface area (TPSA) is 55.6 Å². The monoisotopic (exact) mass is 304 g/mol. The second-order valence-corrected chi connectivity index (χ2v) is 7.00. The third-order valence-electron chi connectivity index (χ3n) is 5.42. The van der Waals surface area contributed by atoms with E-state index in [4.69, 9.17) is 9.26 Å². The Hall–Kier alpha value is -1.36. The fourth-order valence-electron chi connectivity index (χ4n) is 3.82. The zero-order valence-electron chi connectivity index (χ0n) is 13.0. The lowest BCUT2D eigenvalue weighted by Crippen LogP contribution is -2.41. The molecule has 3 aliphatic rings. The van der Waals surface area contributed by atoms with Crippen molar-refractivity contribution in [2.24, 2.45) is 11.8 Å².